The van der Waals surface area contributed by atoms with E-state index < -0.39 is 10.0 Å². The van der Waals surface area contributed by atoms with Crippen molar-refractivity contribution in [2.75, 3.05) is 38.0 Å². The Morgan fingerprint density at radius 2 is 1.64 bits per heavy atom. The van der Waals surface area contributed by atoms with Crippen molar-refractivity contribution in [1.82, 2.24) is 9.21 Å². The summed E-state index contributed by atoms with van der Waals surface area (Å²) in [4.78, 5) is 14.7. The van der Waals surface area contributed by atoms with Crippen LogP contribution in [0.4, 0.5) is 5.69 Å². The highest BCUT2D eigenvalue weighted by atomic mass is 32.2. The predicted molar refractivity (Wildman–Crippen MR) is 111 cm³/mol. The molecule has 1 amide bonds. The molecule has 0 unspecified atom stereocenters. The molecule has 1 N–H and O–H groups in total. The number of hydrogen-bond donors (Lipinski definition) is 1. The van der Waals surface area contributed by atoms with Gasteiger partial charge in [0.15, 0.2) is 0 Å². The fourth-order valence-corrected chi connectivity index (χ4v) is 4.75. The summed E-state index contributed by atoms with van der Waals surface area (Å²) in [6.07, 6.45) is 0.853. The molecule has 150 valence electrons. The fourth-order valence-electron chi connectivity index (χ4n) is 3.33. The molecule has 7 heteroatoms. The maximum Gasteiger partial charge on any atom is 0.243 e. The average Bonchev–Trinajstić information content (AvgIpc) is 2.69. The fraction of sp³-hybridized carbons (Fsp3) is 0.381. The molecule has 2 aromatic rings. The summed E-state index contributed by atoms with van der Waals surface area (Å²) in [6, 6.07) is 14.7. The van der Waals surface area contributed by atoms with Crippen LogP contribution in [-0.4, -0.2) is 56.3 Å². The minimum absolute atomic E-state index is 0.0734. The van der Waals surface area contributed by atoms with Gasteiger partial charge >= 0.3 is 0 Å². The van der Waals surface area contributed by atoms with Crippen LogP contribution in [0.1, 0.15) is 18.1 Å². The smallest absolute Gasteiger partial charge is 0.243 e. The van der Waals surface area contributed by atoms with Crippen LogP contribution < -0.4 is 5.32 Å². The van der Waals surface area contributed by atoms with Crippen LogP contribution >= 0.6 is 0 Å². The molecule has 28 heavy (non-hydrogen) atoms. The van der Waals surface area contributed by atoms with E-state index in [4.69, 9.17) is 0 Å². The van der Waals surface area contributed by atoms with Gasteiger partial charge in [0.2, 0.25) is 15.9 Å². The summed E-state index contributed by atoms with van der Waals surface area (Å²) in [5.74, 6) is -0.0734. The summed E-state index contributed by atoms with van der Waals surface area (Å²) < 4.78 is 27.0. The molecule has 0 radical (unpaired) electrons. The lowest BCUT2D eigenvalue weighted by Crippen LogP contribution is -2.50. The van der Waals surface area contributed by atoms with E-state index in [-0.39, 0.29) is 12.5 Å². The van der Waals surface area contributed by atoms with E-state index in [1.807, 2.05) is 48.2 Å². The SMILES string of the molecule is CCc1ccccc1NC(=O)CN1CCN(S(=O)(=O)c2ccc(C)cc2)CC1. The van der Waals surface area contributed by atoms with E-state index >= 15 is 0 Å². The van der Waals surface area contributed by atoms with Gasteiger partial charge < -0.3 is 5.32 Å². The molecule has 0 saturated carbocycles. The topological polar surface area (TPSA) is 69.7 Å². The van der Waals surface area contributed by atoms with Crippen molar-refractivity contribution in [3.63, 3.8) is 0 Å². The van der Waals surface area contributed by atoms with Gasteiger partial charge in [-0.05, 0) is 37.1 Å². The Morgan fingerprint density at radius 1 is 1.00 bits per heavy atom. The number of anilines is 1. The van der Waals surface area contributed by atoms with Crippen LogP contribution in [0.5, 0.6) is 0 Å². The number of nitrogens with zero attached hydrogens (tertiary/aromatic N) is 2. The largest absolute Gasteiger partial charge is 0.325 e. The Morgan fingerprint density at radius 3 is 2.29 bits per heavy atom. The second-order valence-corrected chi connectivity index (χ2v) is 8.99. The van der Waals surface area contributed by atoms with E-state index in [0.29, 0.717) is 31.1 Å². The molecule has 2 aromatic carbocycles. The third-order valence-corrected chi connectivity index (χ3v) is 6.94. The van der Waals surface area contributed by atoms with E-state index in [0.717, 1.165) is 23.2 Å². The highest BCUT2D eigenvalue weighted by Crippen LogP contribution is 2.19. The number of aryl methyl sites for hydroxylation is 2. The van der Waals surface area contributed by atoms with Gasteiger partial charge in [0.05, 0.1) is 11.4 Å². The monoisotopic (exact) mass is 401 g/mol. The van der Waals surface area contributed by atoms with Crippen molar-refractivity contribution >= 4 is 21.6 Å². The van der Waals surface area contributed by atoms with Gasteiger partial charge in [-0.25, -0.2) is 8.42 Å². The van der Waals surface area contributed by atoms with Crippen molar-refractivity contribution in [1.29, 1.82) is 0 Å². The second-order valence-electron chi connectivity index (χ2n) is 7.05. The molecular weight excluding hydrogens is 374 g/mol. The number of amides is 1. The first-order valence-corrected chi connectivity index (χ1v) is 11.0. The Hall–Kier alpha value is -2.22. The van der Waals surface area contributed by atoms with Gasteiger partial charge in [0, 0.05) is 31.9 Å². The standard InChI is InChI=1S/C21H27N3O3S/c1-3-18-6-4-5-7-20(18)22-21(25)16-23-12-14-24(15-13-23)28(26,27)19-10-8-17(2)9-11-19/h4-11H,3,12-16H2,1-2H3,(H,22,25). The molecule has 6 nitrogen and oxygen atoms in total. The molecule has 1 fully saturated rings. The molecule has 1 aliphatic rings. The third kappa shape index (κ3) is 4.79. The first-order valence-electron chi connectivity index (χ1n) is 9.57. The van der Waals surface area contributed by atoms with Crippen LogP contribution in [0, 0.1) is 6.92 Å². The lowest BCUT2D eigenvalue weighted by atomic mass is 10.1. The molecule has 1 heterocycles. The van der Waals surface area contributed by atoms with Crippen LogP contribution in [0.15, 0.2) is 53.4 Å². The summed E-state index contributed by atoms with van der Waals surface area (Å²) in [5, 5.41) is 2.97. The quantitative estimate of drug-likeness (QED) is 0.807. The molecule has 0 spiro atoms. The zero-order chi connectivity index (χ0) is 20.1. The number of carbonyl (C=O) groups excluding carboxylic acids is 1. The number of piperazine rings is 1. The Kier molecular flexibility index (Phi) is 6.49. The number of benzene rings is 2. The number of rotatable bonds is 6. The second kappa shape index (κ2) is 8.86. The Balaban J connectivity index is 1.55. The minimum Gasteiger partial charge on any atom is -0.325 e. The molecule has 0 aliphatic carbocycles. The predicted octanol–water partition coefficient (Wildman–Crippen LogP) is 2.50. The number of nitrogens with one attached hydrogen (secondary N) is 1. The van der Waals surface area contributed by atoms with Gasteiger partial charge in [-0.3, -0.25) is 9.69 Å². The first kappa shape index (κ1) is 20.5. The Labute approximate surface area is 167 Å². The van der Waals surface area contributed by atoms with Crippen molar-refractivity contribution in [3.8, 4) is 0 Å². The molecule has 1 saturated heterocycles. The maximum atomic E-state index is 12.8. The van der Waals surface area contributed by atoms with Crippen LogP contribution in [-0.2, 0) is 21.2 Å². The highest BCUT2D eigenvalue weighted by Gasteiger charge is 2.29. The molecule has 1 aliphatic heterocycles. The summed E-state index contributed by atoms with van der Waals surface area (Å²) >= 11 is 0. The third-order valence-electron chi connectivity index (χ3n) is 5.03. The summed E-state index contributed by atoms with van der Waals surface area (Å²) in [5.41, 5.74) is 2.97. The molecular formula is C21H27N3O3S. The number of para-hydroxylation sites is 1. The van der Waals surface area contributed by atoms with Crippen LogP contribution in [0.25, 0.3) is 0 Å². The lowest BCUT2D eigenvalue weighted by molar-refractivity contribution is -0.117. The average molecular weight is 402 g/mol. The van der Waals surface area contributed by atoms with Crippen molar-refractivity contribution < 1.29 is 13.2 Å². The number of hydrogen-bond acceptors (Lipinski definition) is 4. The Bertz CT molecular complexity index is 918. The zero-order valence-electron chi connectivity index (χ0n) is 16.4. The normalized spacial score (nSPS) is 16.1. The lowest BCUT2D eigenvalue weighted by Gasteiger charge is -2.33. The van der Waals surface area contributed by atoms with Gasteiger partial charge in [-0.15, -0.1) is 0 Å². The van der Waals surface area contributed by atoms with Gasteiger partial charge in [-0.1, -0.05) is 42.8 Å². The molecule has 0 bridgehead atoms. The highest BCUT2D eigenvalue weighted by molar-refractivity contribution is 7.89. The van der Waals surface area contributed by atoms with E-state index in [2.05, 4.69) is 12.2 Å². The first-order chi connectivity index (χ1) is 13.4. The molecule has 0 atom stereocenters. The summed E-state index contributed by atoms with van der Waals surface area (Å²) in [7, 11) is -3.48. The number of carbonyl (C=O) groups is 1. The van der Waals surface area contributed by atoms with E-state index in [1.165, 1.54) is 4.31 Å². The van der Waals surface area contributed by atoms with Crippen molar-refractivity contribution in [2.45, 2.75) is 25.2 Å². The molecule has 3 rings (SSSR count). The van der Waals surface area contributed by atoms with Gasteiger partial charge in [0.25, 0.3) is 0 Å². The van der Waals surface area contributed by atoms with Gasteiger partial charge in [0.1, 0.15) is 0 Å². The van der Waals surface area contributed by atoms with Crippen LogP contribution in [0.2, 0.25) is 0 Å². The number of sulfonamides is 1. The van der Waals surface area contributed by atoms with Crippen LogP contribution in [0.3, 0.4) is 0 Å². The minimum atomic E-state index is -3.48. The van der Waals surface area contributed by atoms with E-state index in [9.17, 15) is 13.2 Å². The van der Waals surface area contributed by atoms with Crippen molar-refractivity contribution in [2.24, 2.45) is 0 Å². The molecule has 0 aromatic heterocycles. The van der Waals surface area contributed by atoms with E-state index in [1.54, 1.807) is 12.1 Å². The maximum absolute atomic E-state index is 12.8. The van der Waals surface area contributed by atoms with Crippen molar-refractivity contribution in [3.05, 3.63) is 59.7 Å². The summed E-state index contributed by atoms with van der Waals surface area (Å²) in [6.45, 7) is 6.08. The zero-order valence-corrected chi connectivity index (χ0v) is 17.2. The van der Waals surface area contributed by atoms with Gasteiger partial charge in [-0.2, -0.15) is 4.31 Å².